The molecule has 1 N–H and O–H groups in total. The van der Waals surface area contributed by atoms with E-state index in [1.54, 1.807) is 0 Å². The van der Waals surface area contributed by atoms with Crippen molar-refractivity contribution in [3.8, 4) is 0 Å². The van der Waals surface area contributed by atoms with E-state index in [9.17, 15) is 0 Å². The van der Waals surface area contributed by atoms with Gasteiger partial charge in [-0.2, -0.15) is 0 Å². The van der Waals surface area contributed by atoms with Gasteiger partial charge in [0.1, 0.15) is 0 Å². The molecule has 1 aliphatic carbocycles. The zero-order valence-electron chi connectivity index (χ0n) is 8.57. The Morgan fingerprint density at radius 1 is 1.25 bits per heavy atom. The molecule has 0 radical (unpaired) electrons. The van der Waals surface area contributed by atoms with Crippen LogP contribution in [-0.4, -0.2) is 6.21 Å². The number of anilines is 1. The Hall–Kier alpha value is -2.16. The molecule has 0 fully saturated rings. The lowest BCUT2D eigenvalue weighted by molar-refractivity contribution is 1.25. The third-order valence-corrected chi connectivity index (χ3v) is 2.99. The number of nitrogens with zero attached hydrogens (tertiary/aromatic N) is 2. The maximum absolute atomic E-state index is 4.59. The fraction of sp³-hybridized carbons (Fsp3) is 0.0769. The molecule has 0 bridgehead atoms. The predicted octanol–water partition coefficient (Wildman–Crippen LogP) is 1.18. The highest BCUT2D eigenvalue weighted by atomic mass is 15.0. The Morgan fingerprint density at radius 3 is 3.25 bits per heavy atom. The van der Waals surface area contributed by atoms with Gasteiger partial charge < -0.3 is 5.32 Å². The van der Waals surface area contributed by atoms with Crippen LogP contribution in [-0.2, 0) is 0 Å². The van der Waals surface area contributed by atoms with E-state index in [4.69, 9.17) is 0 Å². The van der Waals surface area contributed by atoms with E-state index < -0.39 is 0 Å². The molecule has 3 nitrogen and oxygen atoms in total. The summed E-state index contributed by atoms with van der Waals surface area (Å²) >= 11 is 0. The normalized spacial score (nSPS) is 18.5. The first kappa shape index (κ1) is 8.05. The summed E-state index contributed by atoms with van der Waals surface area (Å²) in [5.41, 5.74) is 4.75. The van der Waals surface area contributed by atoms with Gasteiger partial charge in [0.05, 0.1) is 16.7 Å². The van der Waals surface area contributed by atoms with Crippen molar-refractivity contribution >= 4 is 24.1 Å². The average Bonchev–Trinajstić information content (AvgIpc) is 3.05. The van der Waals surface area contributed by atoms with Gasteiger partial charge in [-0.1, -0.05) is 0 Å². The van der Waals surface area contributed by atoms with Gasteiger partial charge in [0.15, 0.2) is 0 Å². The Bertz CT molecular complexity index is 705. The molecule has 2 heterocycles. The molecule has 1 aromatic rings. The SMILES string of the molecule is C1=Cc2cc3c(cc2=CC=N1)NC1=C(C1)N=3. The van der Waals surface area contributed by atoms with E-state index in [1.807, 2.05) is 24.6 Å². The van der Waals surface area contributed by atoms with Crippen LogP contribution in [0.3, 0.4) is 0 Å². The molecule has 2 aliphatic heterocycles. The summed E-state index contributed by atoms with van der Waals surface area (Å²) in [6.07, 6.45) is 8.68. The summed E-state index contributed by atoms with van der Waals surface area (Å²) < 4.78 is 0. The molecular formula is C13H9N3. The lowest BCUT2D eigenvalue weighted by Crippen LogP contribution is -2.18. The van der Waals surface area contributed by atoms with Crippen LogP contribution in [0.1, 0.15) is 12.0 Å². The molecule has 0 atom stereocenters. The van der Waals surface area contributed by atoms with E-state index in [2.05, 4.69) is 27.4 Å². The highest BCUT2D eigenvalue weighted by molar-refractivity contribution is 5.93. The van der Waals surface area contributed by atoms with E-state index in [1.165, 1.54) is 22.2 Å². The molecule has 0 saturated carbocycles. The van der Waals surface area contributed by atoms with Gasteiger partial charge in [-0.25, -0.2) is 4.99 Å². The summed E-state index contributed by atoms with van der Waals surface area (Å²) in [6.45, 7) is 0. The monoisotopic (exact) mass is 207 g/mol. The highest BCUT2D eigenvalue weighted by Crippen LogP contribution is 2.33. The second-order valence-corrected chi connectivity index (χ2v) is 4.12. The second-order valence-electron chi connectivity index (χ2n) is 4.12. The molecule has 3 aliphatic rings. The van der Waals surface area contributed by atoms with Gasteiger partial charge in [0.2, 0.25) is 0 Å². The van der Waals surface area contributed by atoms with Crippen LogP contribution in [0.15, 0.2) is 39.7 Å². The Morgan fingerprint density at radius 2 is 2.25 bits per heavy atom. The number of rotatable bonds is 0. The molecule has 0 unspecified atom stereocenters. The van der Waals surface area contributed by atoms with Crippen LogP contribution in [0.2, 0.25) is 0 Å². The van der Waals surface area contributed by atoms with Crippen molar-refractivity contribution < 1.29 is 0 Å². The predicted molar refractivity (Wildman–Crippen MR) is 64.5 cm³/mol. The molecular weight excluding hydrogens is 198 g/mol. The number of hydrogen-bond donors (Lipinski definition) is 1. The van der Waals surface area contributed by atoms with Gasteiger partial charge in [0, 0.05) is 24.5 Å². The average molecular weight is 207 g/mol. The molecule has 76 valence electrons. The largest absolute Gasteiger partial charge is 0.355 e. The maximum Gasteiger partial charge on any atom is 0.0875 e. The quantitative estimate of drug-likeness (QED) is 0.681. The summed E-state index contributed by atoms with van der Waals surface area (Å²) in [7, 11) is 0. The second kappa shape index (κ2) is 2.70. The Labute approximate surface area is 92.2 Å². The molecule has 0 aromatic heterocycles. The topological polar surface area (TPSA) is 36.8 Å². The van der Waals surface area contributed by atoms with Crippen molar-refractivity contribution in [3.63, 3.8) is 0 Å². The molecule has 0 amide bonds. The van der Waals surface area contributed by atoms with Gasteiger partial charge in [-0.05, 0) is 35.1 Å². The lowest BCUT2D eigenvalue weighted by atomic mass is 10.1. The third kappa shape index (κ3) is 1.08. The lowest BCUT2D eigenvalue weighted by Gasteiger charge is -2.06. The standard InChI is InChI=1S/C13H9N3/c1-3-14-4-2-9-6-11-10(5-8(1)9)15-12-7-13(12)16-11/h1-6,15H,7H2. The number of nitrogens with one attached hydrogen (secondary N) is 1. The van der Waals surface area contributed by atoms with Gasteiger partial charge >= 0.3 is 0 Å². The van der Waals surface area contributed by atoms with Gasteiger partial charge in [0.25, 0.3) is 0 Å². The minimum absolute atomic E-state index is 1.01. The first-order valence-corrected chi connectivity index (χ1v) is 5.32. The molecule has 3 heteroatoms. The van der Waals surface area contributed by atoms with Crippen LogP contribution >= 0.6 is 0 Å². The van der Waals surface area contributed by atoms with Crippen LogP contribution in [0.25, 0.3) is 12.2 Å². The smallest absolute Gasteiger partial charge is 0.0875 e. The van der Waals surface area contributed by atoms with Crippen molar-refractivity contribution in [2.45, 2.75) is 6.42 Å². The van der Waals surface area contributed by atoms with Crippen LogP contribution in [0.4, 0.5) is 5.69 Å². The van der Waals surface area contributed by atoms with Gasteiger partial charge in [-0.3, -0.25) is 4.99 Å². The van der Waals surface area contributed by atoms with Crippen molar-refractivity contribution in [2.75, 3.05) is 5.32 Å². The Kier molecular flexibility index (Phi) is 1.36. The minimum atomic E-state index is 1.01. The van der Waals surface area contributed by atoms with E-state index >= 15 is 0 Å². The number of allylic oxidation sites excluding steroid dienone is 2. The fourth-order valence-corrected chi connectivity index (χ4v) is 2.05. The maximum atomic E-state index is 4.59. The van der Waals surface area contributed by atoms with E-state index in [-0.39, 0.29) is 0 Å². The van der Waals surface area contributed by atoms with Crippen molar-refractivity contribution in [3.05, 3.63) is 45.9 Å². The first-order valence-electron chi connectivity index (χ1n) is 5.32. The highest BCUT2D eigenvalue weighted by Gasteiger charge is 2.25. The Balaban J connectivity index is 2.04. The minimum Gasteiger partial charge on any atom is -0.355 e. The van der Waals surface area contributed by atoms with E-state index in [0.717, 1.165) is 17.5 Å². The van der Waals surface area contributed by atoms with Crippen LogP contribution < -0.4 is 15.9 Å². The number of aliphatic imine (C=N–C) groups is 1. The van der Waals surface area contributed by atoms with Gasteiger partial charge in [-0.15, -0.1) is 0 Å². The zero-order chi connectivity index (χ0) is 10.5. The van der Waals surface area contributed by atoms with Crippen molar-refractivity contribution in [2.24, 2.45) is 9.98 Å². The molecule has 1 aromatic carbocycles. The number of fused-ring (bicyclic) bond motifs is 2. The van der Waals surface area contributed by atoms with E-state index in [0.29, 0.717) is 0 Å². The first-order chi connectivity index (χ1) is 7.90. The summed E-state index contributed by atoms with van der Waals surface area (Å²) in [5, 5.41) is 5.62. The molecule has 16 heavy (non-hydrogen) atoms. The zero-order valence-corrected chi connectivity index (χ0v) is 8.57. The van der Waals surface area contributed by atoms with Crippen LogP contribution in [0, 0.1) is 0 Å². The number of hydrogen-bond acceptors (Lipinski definition) is 3. The third-order valence-electron chi connectivity index (χ3n) is 2.99. The summed E-state index contributed by atoms with van der Waals surface area (Å²) in [5.74, 6) is 0. The fourth-order valence-electron chi connectivity index (χ4n) is 2.05. The summed E-state index contributed by atoms with van der Waals surface area (Å²) in [4.78, 5) is 8.70. The molecule has 0 saturated heterocycles. The van der Waals surface area contributed by atoms with Crippen LogP contribution in [0.5, 0.6) is 0 Å². The molecule has 0 spiro atoms. The summed E-state index contributed by atoms with van der Waals surface area (Å²) in [6, 6.07) is 4.25. The molecule has 4 rings (SSSR count). The van der Waals surface area contributed by atoms with Crippen molar-refractivity contribution in [1.82, 2.24) is 0 Å². The van der Waals surface area contributed by atoms with Crippen molar-refractivity contribution in [1.29, 1.82) is 0 Å². The number of benzene rings is 1.